The molecule has 0 radical (unpaired) electrons. The molecule has 2 fully saturated rings. The summed E-state index contributed by atoms with van der Waals surface area (Å²) in [5.41, 5.74) is 0. The number of ether oxygens (including phenoxy) is 1. The number of nitrogens with one attached hydrogen (secondary N) is 1. The third-order valence-corrected chi connectivity index (χ3v) is 4.50. The summed E-state index contributed by atoms with van der Waals surface area (Å²) in [6, 6.07) is 1.33. The van der Waals surface area contributed by atoms with E-state index in [2.05, 4.69) is 36.1 Å². The summed E-state index contributed by atoms with van der Waals surface area (Å²) in [7, 11) is 4.51. The van der Waals surface area contributed by atoms with Gasteiger partial charge in [-0.15, -0.1) is 0 Å². The van der Waals surface area contributed by atoms with Crippen molar-refractivity contribution in [3.8, 4) is 0 Å². The van der Waals surface area contributed by atoms with Crippen LogP contribution >= 0.6 is 0 Å². The molecule has 2 aliphatic rings. The Hall–Kier alpha value is -0.160. The highest BCUT2D eigenvalue weighted by molar-refractivity contribution is 4.85. The van der Waals surface area contributed by atoms with Crippen LogP contribution in [0.3, 0.4) is 0 Å². The molecule has 2 heterocycles. The fraction of sp³-hybridized carbons (Fsp3) is 1.00. The third kappa shape index (κ3) is 3.67. The maximum absolute atomic E-state index is 5.63. The molecule has 2 unspecified atom stereocenters. The van der Waals surface area contributed by atoms with E-state index in [1.807, 2.05) is 0 Å². The molecule has 2 rings (SSSR count). The highest BCUT2D eigenvalue weighted by Crippen LogP contribution is 2.19. The number of rotatable bonds is 5. The van der Waals surface area contributed by atoms with E-state index in [1.54, 1.807) is 0 Å². The van der Waals surface area contributed by atoms with Crippen LogP contribution in [0.5, 0.6) is 0 Å². The zero-order valence-electron chi connectivity index (χ0n) is 12.2. The maximum Gasteiger partial charge on any atom is 0.0623 e. The summed E-state index contributed by atoms with van der Waals surface area (Å²) in [6.07, 6.45) is 2.62. The minimum atomic E-state index is 0.559. The lowest BCUT2D eigenvalue weighted by molar-refractivity contribution is 0.118. The van der Waals surface area contributed by atoms with Crippen molar-refractivity contribution in [1.29, 1.82) is 0 Å². The third-order valence-electron chi connectivity index (χ3n) is 4.50. The second kappa shape index (κ2) is 6.85. The molecule has 2 atom stereocenters. The topological polar surface area (TPSA) is 27.7 Å². The number of likely N-dealkylation sites (tertiary alicyclic amines) is 1. The Balaban J connectivity index is 1.77. The van der Waals surface area contributed by atoms with Gasteiger partial charge >= 0.3 is 0 Å². The van der Waals surface area contributed by atoms with Crippen molar-refractivity contribution < 1.29 is 4.74 Å². The first-order valence-electron chi connectivity index (χ1n) is 7.40. The average molecular weight is 255 g/mol. The van der Waals surface area contributed by atoms with Crippen molar-refractivity contribution in [2.45, 2.75) is 31.8 Å². The molecule has 0 aromatic rings. The van der Waals surface area contributed by atoms with Crippen molar-refractivity contribution >= 4 is 0 Å². The molecule has 0 amide bonds. The summed E-state index contributed by atoms with van der Waals surface area (Å²) < 4.78 is 5.63. The van der Waals surface area contributed by atoms with Gasteiger partial charge < -0.3 is 19.9 Å². The van der Waals surface area contributed by atoms with E-state index in [0.29, 0.717) is 12.0 Å². The van der Waals surface area contributed by atoms with Crippen molar-refractivity contribution in [2.24, 2.45) is 5.92 Å². The zero-order chi connectivity index (χ0) is 13.0. The molecule has 4 nitrogen and oxygen atoms in total. The van der Waals surface area contributed by atoms with Crippen molar-refractivity contribution in [3.05, 3.63) is 0 Å². The van der Waals surface area contributed by atoms with E-state index in [-0.39, 0.29) is 0 Å². The van der Waals surface area contributed by atoms with Crippen LogP contribution in [-0.4, -0.2) is 75.4 Å². The minimum Gasteiger partial charge on any atom is -0.379 e. The Morgan fingerprint density at radius 3 is 2.67 bits per heavy atom. The lowest BCUT2D eigenvalue weighted by Gasteiger charge is -2.36. The molecule has 2 saturated heterocycles. The molecule has 0 aliphatic carbocycles. The van der Waals surface area contributed by atoms with E-state index in [1.165, 1.54) is 32.5 Å². The van der Waals surface area contributed by atoms with Gasteiger partial charge in [-0.25, -0.2) is 0 Å². The molecule has 0 bridgehead atoms. The Bertz CT molecular complexity index is 241. The first-order valence-corrected chi connectivity index (χ1v) is 7.40. The molecule has 4 heteroatoms. The summed E-state index contributed by atoms with van der Waals surface area (Å²) in [6.45, 7) is 8.69. The Morgan fingerprint density at radius 2 is 2.00 bits per heavy atom. The smallest absolute Gasteiger partial charge is 0.0623 e. The standard InChI is InChI=1S/C14H29N3O/c1-4-15-14-11-18-10-12(14)9-17(3)13-5-7-16(2)8-6-13/h12-15H,4-11H2,1-3H3. The molecule has 0 aromatic carbocycles. The molecule has 1 N–H and O–H groups in total. The van der Waals surface area contributed by atoms with E-state index in [9.17, 15) is 0 Å². The second-order valence-corrected chi connectivity index (χ2v) is 5.94. The summed E-state index contributed by atoms with van der Waals surface area (Å²) >= 11 is 0. The number of nitrogens with zero attached hydrogens (tertiary/aromatic N) is 2. The van der Waals surface area contributed by atoms with Crippen molar-refractivity contribution in [3.63, 3.8) is 0 Å². The predicted octanol–water partition coefficient (Wildman–Crippen LogP) is 0.637. The molecule has 0 saturated carbocycles. The first-order chi connectivity index (χ1) is 8.70. The van der Waals surface area contributed by atoms with E-state index in [4.69, 9.17) is 4.74 Å². The molecule has 2 aliphatic heterocycles. The van der Waals surface area contributed by atoms with E-state index < -0.39 is 0 Å². The van der Waals surface area contributed by atoms with Crippen LogP contribution in [0.25, 0.3) is 0 Å². The molecular weight excluding hydrogens is 226 g/mol. The van der Waals surface area contributed by atoms with Gasteiger partial charge in [0.1, 0.15) is 0 Å². The van der Waals surface area contributed by atoms with Crippen molar-refractivity contribution in [2.75, 3.05) is 53.5 Å². The van der Waals surface area contributed by atoms with E-state index >= 15 is 0 Å². The van der Waals surface area contributed by atoms with Crippen LogP contribution in [0.4, 0.5) is 0 Å². The molecule has 0 aromatic heterocycles. The number of hydrogen-bond donors (Lipinski definition) is 1. The Labute approximate surface area is 112 Å². The maximum atomic E-state index is 5.63. The lowest BCUT2D eigenvalue weighted by Crippen LogP contribution is -2.46. The van der Waals surface area contributed by atoms with E-state index in [0.717, 1.165) is 25.8 Å². The van der Waals surface area contributed by atoms with Gasteiger partial charge in [-0.1, -0.05) is 6.92 Å². The Kier molecular flexibility index (Phi) is 5.42. The monoisotopic (exact) mass is 255 g/mol. The Morgan fingerprint density at radius 1 is 1.28 bits per heavy atom. The number of piperidine rings is 1. The fourth-order valence-electron chi connectivity index (χ4n) is 3.22. The van der Waals surface area contributed by atoms with Crippen LogP contribution < -0.4 is 5.32 Å². The van der Waals surface area contributed by atoms with Gasteiger partial charge in [0.15, 0.2) is 0 Å². The summed E-state index contributed by atoms with van der Waals surface area (Å²) in [5, 5.41) is 3.55. The second-order valence-electron chi connectivity index (χ2n) is 5.94. The predicted molar refractivity (Wildman–Crippen MR) is 74.9 cm³/mol. The van der Waals surface area contributed by atoms with Gasteiger partial charge in [0.05, 0.1) is 13.2 Å². The summed E-state index contributed by atoms with van der Waals surface area (Å²) in [5.74, 6) is 0.662. The van der Waals surface area contributed by atoms with Crippen molar-refractivity contribution in [1.82, 2.24) is 15.1 Å². The first kappa shape index (κ1) is 14.3. The average Bonchev–Trinajstić information content (AvgIpc) is 2.78. The quantitative estimate of drug-likeness (QED) is 0.780. The normalized spacial score (nSPS) is 31.3. The van der Waals surface area contributed by atoms with Gasteiger partial charge in [-0.3, -0.25) is 0 Å². The minimum absolute atomic E-state index is 0.559. The van der Waals surface area contributed by atoms with Crippen LogP contribution in [0, 0.1) is 5.92 Å². The molecule has 0 spiro atoms. The SMILES string of the molecule is CCNC1COCC1CN(C)C1CCN(C)CC1. The molecular formula is C14H29N3O. The van der Waals surface area contributed by atoms with Gasteiger partial charge in [0, 0.05) is 24.5 Å². The van der Waals surface area contributed by atoms with Gasteiger partial charge in [0.25, 0.3) is 0 Å². The highest BCUT2D eigenvalue weighted by Gasteiger charge is 2.30. The lowest BCUT2D eigenvalue weighted by atomic mass is 9.99. The van der Waals surface area contributed by atoms with Gasteiger partial charge in [0.2, 0.25) is 0 Å². The largest absolute Gasteiger partial charge is 0.379 e. The zero-order valence-corrected chi connectivity index (χ0v) is 12.2. The van der Waals surface area contributed by atoms with Crippen LogP contribution in [0.1, 0.15) is 19.8 Å². The highest BCUT2D eigenvalue weighted by atomic mass is 16.5. The van der Waals surface area contributed by atoms with Gasteiger partial charge in [-0.2, -0.15) is 0 Å². The van der Waals surface area contributed by atoms with Crippen LogP contribution in [0.2, 0.25) is 0 Å². The fourth-order valence-corrected chi connectivity index (χ4v) is 3.22. The number of hydrogen-bond acceptors (Lipinski definition) is 4. The van der Waals surface area contributed by atoms with Crippen LogP contribution in [-0.2, 0) is 4.74 Å². The molecule has 106 valence electrons. The number of likely N-dealkylation sites (N-methyl/N-ethyl adjacent to an activating group) is 1. The van der Waals surface area contributed by atoms with Crippen LogP contribution in [0.15, 0.2) is 0 Å². The van der Waals surface area contributed by atoms with Gasteiger partial charge in [-0.05, 0) is 46.6 Å². The summed E-state index contributed by atoms with van der Waals surface area (Å²) in [4.78, 5) is 5.00. The molecule has 18 heavy (non-hydrogen) atoms.